The molecule has 1 fully saturated rings. The molecule has 1 heterocycles. The lowest BCUT2D eigenvalue weighted by atomic mass is 10.2. The minimum absolute atomic E-state index is 0.246. The molecule has 0 amide bonds. The van der Waals surface area contributed by atoms with Crippen LogP contribution in [-0.2, 0) is 9.84 Å². The van der Waals surface area contributed by atoms with Crippen molar-refractivity contribution < 1.29 is 8.42 Å². The van der Waals surface area contributed by atoms with Gasteiger partial charge in [-0.2, -0.15) is 0 Å². The molecular formula is C10H22N2O2S. The van der Waals surface area contributed by atoms with Gasteiger partial charge in [0.1, 0.15) is 0 Å². The second kappa shape index (κ2) is 5.27. The SMILES string of the molecule is CCS(=O)(=O)CCNC1CC(C)N(C)C1. The predicted octanol–water partition coefficient (Wildman–Crippen LogP) is 0.103. The molecule has 4 nitrogen and oxygen atoms in total. The third-order valence-corrected chi connectivity index (χ3v) is 4.88. The first-order valence-corrected chi connectivity index (χ1v) is 7.41. The Hall–Kier alpha value is -0.130. The van der Waals surface area contributed by atoms with E-state index in [1.54, 1.807) is 6.92 Å². The molecule has 0 saturated carbocycles. The summed E-state index contributed by atoms with van der Waals surface area (Å²) in [6, 6.07) is 1.06. The second-order valence-corrected chi connectivity index (χ2v) is 6.88. The van der Waals surface area contributed by atoms with Crippen molar-refractivity contribution in [3.8, 4) is 0 Å². The summed E-state index contributed by atoms with van der Waals surface area (Å²) in [5.41, 5.74) is 0. The van der Waals surface area contributed by atoms with Gasteiger partial charge in [-0.15, -0.1) is 0 Å². The van der Waals surface area contributed by atoms with Crippen molar-refractivity contribution in [2.24, 2.45) is 0 Å². The van der Waals surface area contributed by atoms with E-state index in [1.165, 1.54) is 0 Å². The van der Waals surface area contributed by atoms with Crippen LogP contribution in [0.4, 0.5) is 0 Å². The van der Waals surface area contributed by atoms with Gasteiger partial charge in [0.15, 0.2) is 9.84 Å². The quantitative estimate of drug-likeness (QED) is 0.733. The van der Waals surface area contributed by atoms with Gasteiger partial charge in [0.05, 0.1) is 5.75 Å². The first kappa shape index (κ1) is 12.9. The lowest BCUT2D eigenvalue weighted by Crippen LogP contribution is -2.35. The topological polar surface area (TPSA) is 49.4 Å². The maximum absolute atomic E-state index is 11.3. The zero-order valence-electron chi connectivity index (χ0n) is 9.86. The first-order valence-electron chi connectivity index (χ1n) is 5.58. The normalized spacial score (nSPS) is 28.5. The third-order valence-electron chi connectivity index (χ3n) is 3.17. The van der Waals surface area contributed by atoms with Crippen molar-refractivity contribution in [3.63, 3.8) is 0 Å². The summed E-state index contributed by atoms with van der Waals surface area (Å²) in [7, 11) is -0.708. The first-order chi connectivity index (χ1) is 6.94. The van der Waals surface area contributed by atoms with Gasteiger partial charge in [-0.3, -0.25) is 0 Å². The van der Waals surface area contributed by atoms with Gasteiger partial charge in [0.25, 0.3) is 0 Å². The van der Waals surface area contributed by atoms with Crippen molar-refractivity contribution in [2.45, 2.75) is 32.4 Å². The molecule has 0 radical (unpaired) electrons. The zero-order valence-corrected chi connectivity index (χ0v) is 10.7. The predicted molar refractivity (Wildman–Crippen MR) is 62.8 cm³/mol. The van der Waals surface area contributed by atoms with E-state index in [2.05, 4.69) is 24.2 Å². The highest BCUT2D eigenvalue weighted by Gasteiger charge is 2.25. The summed E-state index contributed by atoms with van der Waals surface area (Å²) in [5, 5.41) is 3.31. The summed E-state index contributed by atoms with van der Waals surface area (Å²) >= 11 is 0. The van der Waals surface area contributed by atoms with Crippen LogP contribution in [0.3, 0.4) is 0 Å². The Kier molecular flexibility index (Phi) is 4.55. The highest BCUT2D eigenvalue weighted by atomic mass is 32.2. The average molecular weight is 234 g/mol. The van der Waals surface area contributed by atoms with Crippen LogP contribution < -0.4 is 5.32 Å². The number of hydrogen-bond donors (Lipinski definition) is 1. The molecule has 0 aromatic rings. The second-order valence-electron chi connectivity index (χ2n) is 4.41. The summed E-state index contributed by atoms with van der Waals surface area (Å²) in [4.78, 5) is 2.30. The Morgan fingerprint density at radius 1 is 1.47 bits per heavy atom. The fraction of sp³-hybridized carbons (Fsp3) is 1.00. The fourth-order valence-corrected chi connectivity index (χ4v) is 2.62. The van der Waals surface area contributed by atoms with Crippen molar-refractivity contribution in [2.75, 3.05) is 31.6 Å². The number of likely N-dealkylation sites (N-methyl/N-ethyl adjacent to an activating group) is 1. The van der Waals surface area contributed by atoms with E-state index in [0.717, 1.165) is 13.0 Å². The minimum atomic E-state index is -2.81. The van der Waals surface area contributed by atoms with Crippen molar-refractivity contribution in [1.29, 1.82) is 0 Å². The van der Waals surface area contributed by atoms with E-state index in [1.807, 2.05) is 0 Å². The molecule has 2 unspecified atom stereocenters. The van der Waals surface area contributed by atoms with Crippen molar-refractivity contribution in [3.05, 3.63) is 0 Å². The molecule has 15 heavy (non-hydrogen) atoms. The molecule has 0 aliphatic carbocycles. The van der Waals surface area contributed by atoms with E-state index in [9.17, 15) is 8.42 Å². The van der Waals surface area contributed by atoms with E-state index < -0.39 is 9.84 Å². The van der Waals surface area contributed by atoms with Gasteiger partial charge in [-0.1, -0.05) is 6.92 Å². The molecular weight excluding hydrogens is 212 g/mol. The van der Waals surface area contributed by atoms with E-state index in [-0.39, 0.29) is 11.5 Å². The largest absolute Gasteiger partial charge is 0.312 e. The van der Waals surface area contributed by atoms with Crippen LogP contribution in [0.2, 0.25) is 0 Å². The lowest BCUT2D eigenvalue weighted by Gasteiger charge is -2.13. The van der Waals surface area contributed by atoms with Crippen LogP contribution in [0.15, 0.2) is 0 Å². The van der Waals surface area contributed by atoms with Gasteiger partial charge < -0.3 is 10.2 Å². The number of nitrogens with one attached hydrogen (secondary N) is 1. The molecule has 5 heteroatoms. The molecule has 1 N–H and O–H groups in total. The Morgan fingerprint density at radius 3 is 2.60 bits per heavy atom. The number of hydrogen-bond acceptors (Lipinski definition) is 4. The molecule has 1 rings (SSSR count). The maximum Gasteiger partial charge on any atom is 0.151 e. The van der Waals surface area contributed by atoms with Crippen molar-refractivity contribution >= 4 is 9.84 Å². The number of rotatable bonds is 5. The van der Waals surface area contributed by atoms with E-state index in [4.69, 9.17) is 0 Å². The van der Waals surface area contributed by atoms with Gasteiger partial charge in [-0.25, -0.2) is 8.42 Å². The highest BCUT2D eigenvalue weighted by molar-refractivity contribution is 7.91. The van der Waals surface area contributed by atoms with Gasteiger partial charge in [0.2, 0.25) is 0 Å². The molecule has 0 aromatic heterocycles. The molecule has 0 aromatic carbocycles. The lowest BCUT2D eigenvalue weighted by molar-refractivity contribution is 0.327. The Balaban J connectivity index is 2.22. The summed E-state index contributed by atoms with van der Waals surface area (Å²) in [6.07, 6.45) is 1.11. The number of likely N-dealkylation sites (tertiary alicyclic amines) is 1. The highest BCUT2D eigenvalue weighted by Crippen LogP contribution is 2.14. The van der Waals surface area contributed by atoms with Crippen LogP contribution in [0.5, 0.6) is 0 Å². The van der Waals surface area contributed by atoms with Crippen LogP contribution in [0.25, 0.3) is 0 Å². The molecule has 0 bridgehead atoms. The maximum atomic E-state index is 11.3. The van der Waals surface area contributed by atoms with Gasteiger partial charge >= 0.3 is 0 Å². The Morgan fingerprint density at radius 2 is 2.13 bits per heavy atom. The molecule has 0 spiro atoms. The molecule has 2 atom stereocenters. The molecule has 1 saturated heterocycles. The summed E-state index contributed by atoms with van der Waals surface area (Å²) < 4.78 is 22.5. The summed E-state index contributed by atoms with van der Waals surface area (Å²) in [6.45, 7) is 5.50. The van der Waals surface area contributed by atoms with Crippen molar-refractivity contribution in [1.82, 2.24) is 10.2 Å². The smallest absolute Gasteiger partial charge is 0.151 e. The Labute approximate surface area is 93.0 Å². The molecule has 90 valence electrons. The molecule has 1 aliphatic heterocycles. The fourth-order valence-electron chi connectivity index (χ4n) is 1.90. The van der Waals surface area contributed by atoms with E-state index in [0.29, 0.717) is 18.6 Å². The summed E-state index contributed by atoms with van der Waals surface area (Å²) in [5.74, 6) is 0.508. The van der Waals surface area contributed by atoms with Crippen LogP contribution >= 0.6 is 0 Å². The zero-order chi connectivity index (χ0) is 11.5. The van der Waals surface area contributed by atoms with E-state index >= 15 is 0 Å². The van der Waals surface area contributed by atoms with Crippen LogP contribution in [0, 0.1) is 0 Å². The number of sulfone groups is 1. The third kappa shape index (κ3) is 4.09. The van der Waals surface area contributed by atoms with Crippen LogP contribution in [-0.4, -0.2) is 57.0 Å². The van der Waals surface area contributed by atoms with Gasteiger partial charge in [-0.05, 0) is 20.4 Å². The standard InChI is InChI=1S/C10H22N2O2S/c1-4-15(13,14)6-5-11-10-7-9(2)12(3)8-10/h9-11H,4-8H2,1-3H3. The average Bonchev–Trinajstić information content (AvgIpc) is 2.46. The monoisotopic (exact) mass is 234 g/mol. The van der Waals surface area contributed by atoms with Crippen LogP contribution in [0.1, 0.15) is 20.3 Å². The Bertz CT molecular complexity index is 280. The minimum Gasteiger partial charge on any atom is -0.312 e. The number of nitrogens with zero attached hydrogens (tertiary/aromatic N) is 1. The molecule has 1 aliphatic rings. The van der Waals surface area contributed by atoms with Gasteiger partial charge in [0, 0.05) is 30.9 Å².